The van der Waals surface area contributed by atoms with Crippen LogP contribution in [0.25, 0.3) is 0 Å². The molecule has 0 aliphatic heterocycles. The van der Waals surface area contributed by atoms with Crippen LogP contribution >= 0.6 is 37.5 Å². The van der Waals surface area contributed by atoms with Gasteiger partial charge in [0.05, 0.1) is 6.42 Å². The maximum absolute atomic E-state index is 11.1. The zero-order valence-electron chi connectivity index (χ0n) is 8.84. The maximum Gasteiger partial charge on any atom is 0.306 e. The number of rotatable bonds is 6. The molecule has 0 aromatic heterocycles. The zero-order chi connectivity index (χ0) is 11.0. The van der Waals surface area contributed by atoms with Crippen molar-refractivity contribution in [3.8, 4) is 0 Å². The van der Waals surface area contributed by atoms with Crippen molar-refractivity contribution in [3.63, 3.8) is 0 Å². The predicted octanol–water partition coefficient (Wildman–Crippen LogP) is 3.49. The van der Waals surface area contributed by atoms with Gasteiger partial charge in [0.15, 0.2) is 0 Å². The summed E-state index contributed by atoms with van der Waals surface area (Å²) in [6.45, 7) is 6.95. The average Bonchev–Trinajstić information content (AvgIpc) is 2.07. The first-order valence-corrected chi connectivity index (χ1v) is 7.92. The van der Waals surface area contributed by atoms with Gasteiger partial charge in [-0.2, -0.15) is 0 Å². The molecule has 0 atom stereocenters. The molecule has 0 saturated heterocycles. The van der Waals surface area contributed by atoms with Crippen LogP contribution in [-0.4, -0.2) is 28.4 Å². The smallest absolute Gasteiger partial charge is 0.306 e. The van der Waals surface area contributed by atoms with Gasteiger partial charge in [-0.05, 0) is 0 Å². The lowest BCUT2D eigenvalue weighted by Gasteiger charge is -2.15. The minimum Gasteiger partial charge on any atom is -0.465 e. The van der Waals surface area contributed by atoms with Crippen LogP contribution in [0.2, 0.25) is 0 Å². The van der Waals surface area contributed by atoms with E-state index < -0.39 is 0 Å². The summed E-state index contributed by atoms with van der Waals surface area (Å²) in [6, 6.07) is 0. The highest BCUT2D eigenvalue weighted by Crippen LogP contribution is 2.35. The van der Waals surface area contributed by atoms with Crippen LogP contribution in [0.4, 0.5) is 0 Å². The van der Waals surface area contributed by atoms with Gasteiger partial charge in [-0.15, -0.1) is 0 Å². The van der Waals surface area contributed by atoms with Gasteiger partial charge < -0.3 is 4.74 Å². The number of ether oxygens (including phenoxy) is 1. The summed E-state index contributed by atoms with van der Waals surface area (Å²) in [4.78, 5) is 11.1. The maximum atomic E-state index is 11.1. The molecule has 0 saturated carbocycles. The number of hydrogen-bond acceptors (Lipinski definition) is 4. The van der Waals surface area contributed by atoms with E-state index in [1.165, 1.54) is 0 Å². The Kier molecular flexibility index (Phi) is 8.25. The SMILES string of the molecule is CC(C)(C)SSCCC(=O)OCCBr. The molecule has 0 amide bonds. The minimum atomic E-state index is -0.105. The topological polar surface area (TPSA) is 26.3 Å². The van der Waals surface area contributed by atoms with Gasteiger partial charge in [0.1, 0.15) is 6.61 Å². The summed E-state index contributed by atoms with van der Waals surface area (Å²) in [5.41, 5.74) is 0. The minimum absolute atomic E-state index is 0.105. The molecule has 0 rings (SSSR count). The van der Waals surface area contributed by atoms with Gasteiger partial charge in [0, 0.05) is 15.8 Å². The van der Waals surface area contributed by atoms with Crippen molar-refractivity contribution in [1.82, 2.24) is 0 Å². The third-order valence-corrected chi connectivity index (χ3v) is 4.70. The molecule has 5 heteroatoms. The lowest BCUT2D eigenvalue weighted by Crippen LogP contribution is -2.08. The largest absolute Gasteiger partial charge is 0.465 e. The van der Waals surface area contributed by atoms with Gasteiger partial charge in [0.2, 0.25) is 0 Å². The first-order chi connectivity index (χ1) is 6.45. The molecule has 0 N–H and O–H groups in total. The normalized spacial score (nSPS) is 11.4. The molecule has 0 bridgehead atoms. The first kappa shape index (κ1) is 14.6. The second kappa shape index (κ2) is 7.88. The molecule has 0 aliphatic carbocycles. The summed E-state index contributed by atoms with van der Waals surface area (Å²) >= 11 is 3.20. The average molecular weight is 301 g/mol. The number of carbonyl (C=O) groups excluding carboxylic acids is 1. The Morgan fingerprint density at radius 1 is 1.43 bits per heavy atom. The lowest BCUT2D eigenvalue weighted by atomic mass is 10.3. The van der Waals surface area contributed by atoms with Crippen LogP contribution in [0.1, 0.15) is 27.2 Å². The van der Waals surface area contributed by atoms with Crippen molar-refractivity contribution in [1.29, 1.82) is 0 Å². The summed E-state index contributed by atoms with van der Waals surface area (Å²) in [7, 11) is 3.53. The quantitative estimate of drug-likeness (QED) is 0.325. The monoisotopic (exact) mass is 300 g/mol. The molecule has 0 heterocycles. The van der Waals surface area contributed by atoms with Crippen LogP contribution < -0.4 is 0 Å². The standard InChI is InChI=1S/C9H17BrO2S2/c1-9(2,3)14-13-7-4-8(11)12-6-5-10/h4-7H2,1-3H3. The summed E-state index contributed by atoms with van der Waals surface area (Å²) in [5, 5.41) is 0.711. The zero-order valence-corrected chi connectivity index (χ0v) is 12.1. The van der Waals surface area contributed by atoms with Crippen molar-refractivity contribution in [2.24, 2.45) is 0 Å². The molecule has 0 fully saturated rings. The predicted molar refractivity (Wildman–Crippen MR) is 69.2 cm³/mol. The van der Waals surface area contributed by atoms with Crippen molar-refractivity contribution < 1.29 is 9.53 Å². The third-order valence-electron chi connectivity index (χ3n) is 1.04. The number of carbonyl (C=O) groups is 1. The Balaban J connectivity index is 3.32. The van der Waals surface area contributed by atoms with E-state index in [0.29, 0.717) is 18.4 Å². The Bertz CT molecular complexity index is 169. The van der Waals surface area contributed by atoms with Crippen LogP contribution in [0, 0.1) is 0 Å². The fraction of sp³-hybridized carbons (Fsp3) is 0.889. The molecule has 84 valence electrons. The Labute approximate surface area is 102 Å². The molecule has 0 radical (unpaired) electrons. The Morgan fingerprint density at radius 2 is 2.07 bits per heavy atom. The second-order valence-corrected chi connectivity index (χ2v) is 7.71. The van der Waals surface area contributed by atoms with E-state index in [-0.39, 0.29) is 10.7 Å². The highest BCUT2D eigenvalue weighted by atomic mass is 79.9. The van der Waals surface area contributed by atoms with Crippen molar-refractivity contribution in [3.05, 3.63) is 0 Å². The van der Waals surface area contributed by atoms with Crippen LogP contribution in [0.3, 0.4) is 0 Å². The van der Waals surface area contributed by atoms with Crippen molar-refractivity contribution >= 4 is 43.5 Å². The summed E-state index contributed by atoms with van der Waals surface area (Å²) in [6.07, 6.45) is 0.501. The molecule has 2 nitrogen and oxygen atoms in total. The Morgan fingerprint density at radius 3 is 2.57 bits per heavy atom. The van der Waals surface area contributed by atoms with E-state index in [0.717, 1.165) is 5.75 Å². The van der Waals surface area contributed by atoms with Crippen molar-refractivity contribution in [2.45, 2.75) is 31.9 Å². The number of hydrogen-bond donors (Lipinski definition) is 0. The van der Waals surface area contributed by atoms with E-state index in [1.54, 1.807) is 21.6 Å². The second-order valence-electron chi connectivity index (χ2n) is 3.68. The van der Waals surface area contributed by atoms with Gasteiger partial charge in [-0.25, -0.2) is 0 Å². The molecule has 0 unspecified atom stereocenters. The highest BCUT2D eigenvalue weighted by molar-refractivity contribution is 9.09. The van der Waals surface area contributed by atoms with Crippen LogP contribution in [-0.2, 0) is 9.53 Å². The molecular formula is C9H17BrO2S2. The fourth-order valence-corrected chi connectivity index (χ4v) is 2.98. The summed E-state index contributed by atoms with van der Waals surface area (Å²) in [5.74, 6) is 0.717. The van der Waals surface area contributed by atoms with E-state index in [9.17, 15) is 4.79 Å². The lowest BCUT2D eigenvalue weighted by molar-refractivity contribution is -0.142. The van der Waals surface area contributed by atoms with Gasteiger partial charge in [-0.1, -0.05) is 58.3 Å². The Hall–Kier alpha value is 0.650. The van der Waals surface area contributed by atoms with Gasteiger partial charge in [0.25, 0.3) is 0 Å². The van der Waals surface area contributed by atoms with E-state index >= 15 is 0 Å². The molecule has 0 aromatic rings. The number of esters is 1. The van der Waals surface area contributed by atoms with E-state index in [4.69, 9.17) is 4.74 Å². The highest BCUT2D eigenvalue weighted by Gasteiger charge is 2.11. The third kappa shape index (κ3) is 10.7. The van der Waals surface area contributed by atoms with Crippen LogP contribution in [0.15, 0.2) is 0 Å². The number of halogens is 1. The fourth-order valence-electron chi connectivity index (χ4n) is 0.568. The first-order valence-electron chi connectivity index (χ1n) is 4.48. The molecule has 0 aromatic carbocycles. The van der Waals surface area contributed by atoms with Crippen molar-refractivity contribution in [2.75, 3.05) is 17.7 Å². The van der Waals surface area contributed by atoms with Crippen LogP contribution in [0.5, 0.6) is 0 Å². The van der Waals surface area contributed by atoms with E-state index in [1.807, 2.05) is 0 Å². The molecular weight excluding hydrogens is 284 g/mol. The summed E-state index contributed by atoms with van der Waals surface area (Å²) < 4.78 is 5.17. The number of alkyl halides is 1. The molecule has 0 aliphatic rings. The molecule has 14 heavy (non-hydrogen) atoms. The molecule has 0 spiro atoms. The van der Waals surface area contributed by atoms with Gasteiger partial charge in [-0.3, -0.25) is 4.79 Å². The van der Waals surface area contributed by atoms with E-state index in [2.05, 4.69) is 36.7 Å². The van der Waals surface area contributed by atoms with Gasteiger partial charge >= 0.3 is 5.97 Å².